The Morgan fingerprint density at radius 2 is 1.79 bits per heavy atom. The van der Waals surface area contributed by atoms with Crippen molar-refractivity contribution in [3.05, 3.63) is 0 Å². The molecule has 1 atom stereocenters. The van der Waals surface area contributed by atoms with Gasteiger partial charge in [-0.3, -0.25) is 0 Å². The molecule has 0 aliphatic heterocycles. The second kappa shape index (κ2) is 5.13. The molecule has 1 saturated carbocycles. The smallest absolute Gasteiger partial charge is 0.0169 e. The van der Waals surface area contributed by atoms with E-state index >= 15 is 0 Å². The number of rotatable bonds is 5. The van der Waals surface area contributed by atoms with Crippen LogP contribution in [0.2, 0.25) is 0 Å². The summed E-state index contributed by atoms with van der Waals surface area (Å²) in [5, 5.41) is 3.69. The molecule has 0 heterocycles. The van der Waals surface area contributed by atoms with Crippen molar-refractivity contribution in [2.45, 2.75) is 45.7 Å². The number of hydrogen-bond donors (Lipinski definition) is 1. The minimum Gasteiger partial charge on any atom is -0.310 e. The third-order valence-corrected chi connectivity index (χ3v) is 3.28. The van der Waals surface area contributed by atoms with Gasteiger partial charge >= 0.3 is 0 Å². The normalized spacial score (nSPS) is 29.4. The third kappa shape index (κ3) is 3.58. The lowest BCUT2D eigenvalue weighted by atomic mass is 9.73. The van der Waals surface area contributed by atoms with Crippen LogP contribution in [-0.4, -0.2) is 37.6 Å². The standard InChI is InChI=1S/C12H26N2/c1-9(2)11-6-12(7-11)13-10(3)8-14(4)5/h9-13H,6-8H2,1-5H3. The summed E-state index contributed by atoms with van der Waals surface area (Å²) in [5.74, 6) is 1.84. The van der Waals surface area contributed by atoms with E-state index in [1.807, 2.05) is 0 Å². The summed E-state index contributed by atoms with van der Waals surface area (Å²) in [6.07, 6.45) is 2.77. The highest BCUT2D eigenvalue weighted by molar-refractivity contribution is 4.88. The maximum absolute atomic E-state index is 3.69. The Labute approximate surface area is 89.1 Å². The van der Waals surface area contributed by atoms with Gasteiger partial charge in [0, 0.05) is 18.6 Å². The Morgan fingerprint density at radius 3 is 2.21 bits per heavy atom. The Balaban J connectivity index is 2.10. The van der Waals surface area contributed by atoms with Gasteiger partial charge in [-0.1, -0.05) is 13.8 Å². The minimum absolute atomic E-state index is 0.628. The van der Waals surface area contributed by atoms with Gasteiger partial charge in [0.15, 0.2) is 0 Å². The largest absolute Gasteiger partial charge is 0.310 e. The summed E-state index contributed by atoms with van der Waals surface area (Å²) in [5.41, 5.74) is 0. The monoisotopic (exact) mass is 198 g/mol. The van der Waals surface area contributed by atoms with Crippen molar-refractivity contribution >= 4 is 0 Å². The molecule has 0 aromatic rings. The van der Waals surface area contributed by atoms with Gasteiger partial charge in [-0.05, 0) is 45.7 Å². The van der Waals surface area contributed by atoms with Crippen LogP contribution in [0.3, 0.4) is 0 Å². The summed E-state index contributed by atoms with van der Waals surface area (Å²) in [6, 6.07) is 1.42. The highest BCUT2D eigenvalue weighted by Gasteiger charge is 2.31. The lowest BCUT2D eigenvalue weighted by Crippen LogP contribution is -2.49. The van der Waals surface area contributed by atoms with Crippen molar-refractivity contribution in [1.29, 1.82) is 0 Å². The van der Waals surface area contributed by atoms with Crippen molar-refractivity contribution in [2.24, 2.45) is 11.8 Å². The average molecular weight is 198 g/mol. The Bertz CT molecular complexity index is 160. The molecule has 0 amide bonds. The van der Waals surface area contributed by atoms with Gasteiger partial charge in [0.05, 0.1) is 0 Å². The van der Waals surface area contributed by atoms with Crippen LogP contribution >= 0.6 is 0 Å². The van der Waals surface area contributed by atoms with E-state index in [1.165, 1.54) is 12.8 Å². The first kappa shape index (κ1) is 12.0. The van der Waals surface area contributed by atoms with E-state index in [0.717, 1.165) is 24.4 Å². The van der Waals surface area contributed by atoms with E-state index in [2.05, 4.69) is 45.1 Å². The van der Waals surface area contributed by atoms with Gasteiger partial charge in [-0.15, -0.1) is 0 Å². The molecule has 1 aliphatic carbocycles. The van der Waals surface area contributed by atoms with Crippen molar-refractivity contribution in [1.82, 2.24) is 10.2 Å². The summed E-state index contributed by atoms with van der Waals surface area (Å²) in [4.78, 5) is 2.25. The third-order valence-electron chi connectivity index (χ3n) is 3.28. The van der Waals surface area contributed by atoms with Crippen LogP contribution in [0, 0.1) is 11.8 Å². The van der Waals surface area contributed by atoms with E-state index in [-0.39, 0.29) is 0 Å². The SMILES string of the molecule is CC(CN(C)C)NC1CC(C(C)C)C1. The molecule has 0 radical (unpaired) electrons. The molecule has 2 nitrogen and oxygen atoms in total. The molecular weight excluding hydrogens is 172 g/mol. The summed E-state index contributed by atoms with van der Waals surface area (Å²) >= 11 is 0. The zero-order valence-corrected chi connectivity index (χ0v) is 10.4. The molecule has 1 N–H and O–H groups in total. The summed E-state index contributed by atoms with van der Waals surface area (Å²) < 4.78 is 0. The molecule has 2 heteroatoms. The fraction of sp³-hybridized carbons (Fsp3) is 1.00. The molecule has 84 valence electrons. The van der Waals surface area contributed by atoms with Crippen molar-refractivity contribution in [3.63, 3.8) is 0 Å². The van der Waals surface area contributed by atoms with Crippen molar-refractivity contribution < 1.29 is 0 Å². The van der Waals surface area contributed by atoms with Gasteiger partial charge in [-0.2, -0.15) is 0 Å². The first-order valence-corrected chi connectivity index (χ1v) is 5.89. The predicted molar refractivity (Wildman–Crippen MR) is 62.5 cm³/mol. The predicted octanol–water partition coefficient (Wildman–Crippen LogP) is 1.96. The zero-order valence-electron chi connectivity index (χ0n) is 10.4. The molecule has 1 rings (SSSR count). The first-order chi connectivity index (χ1) is 6.49. The molecule has 0 aromatic carbocycles. The van der Waals surface area contributed by atoms with Crippen molar-refractivity contribution in [3.8, 4) is 0 Å². The summed E-state index contributed by atoms with van der Waals surface area (Å²) in [7, 11) is 4.27. The van der Waals surface area contributed by atoms with Crippen LogP contribution < -0.4 is 5.32 Å². The van der Waals surface area contributed by atoms with Gasteiger partial charge in [0.2, 0.25) is 0 Å². The number of nitrogens with one attached hydrogen (secondary N) is 1. The van der Waals surface area contributed by atoms with Crippen LogP contribution in [0.1, 0.15) is 33.6 Å². The second-order valence-electron chi connectivity index (χ2n) is 5.50. The molecule has 1 aliphatic rings. The highest BCUT2D eigenvalue weighted by atomic mass is 15.1. The minimum atomic E-state index is 0.628. The van der Waals surface area contributed by atoms with Gasteiger partial charge < -0.3 is 10.2 Å². The lowest BCUT2D eigenvalue weighted by molar-refractivity contribution is 0.153. The van der Waals surface area contributed by atoms with Crippen LogP contribution in [0.4, 0.5) is 0 Å². The lowest BCUT2D eigenvalue weighted by Gasteiger charge is -2.40. The quantitative estimate of drug-likeness (QED) is 0.726. The maximum atomic E-state index is 3.69. The van der Waals surface area contributed by atoms with E-state index in [0.29, 0.717) is 6.04 Å². The molecule has 0 bridgehead atoms. The summed E-state index contributed by atoms with van der Waals surface area (Å²) in [6.45, 7) is 8.10. The maximum Gasteiger partial charge on any atom is 0.0169 e. The second-order valence-corrected chi connectivity index (χ2v) is 5.50. The number of hydrogen-bond acceptors (Lipinski definition) is 2. The van der Waals surface area contributed by atoms with E-state index in [4.69, 9.17) is 0 Å². The first-order valence-electron chi connectivity index (χ1n) is 5.89. The molecule has 0 spiro atoms. The van der Waals surface area contributed by atoms with Crippen LogP contribution in [0.5, 0.6) is 0 Å². The van der Waals surface area contributed by atoms with Crippen LogP contribution in [0.15, 0.2) is 0 Å². The Morgan fingerprint density at radius 1 is 1.21 bits per heavy atom. The molecular formula is C12H26N2. The average Bonchev–Trinajstić information content (AvgIpc) is 1.93. The number of likely N-dealkylation sites (N-methyl/N-ethyl adjacent to an activating group) is 1. The Kier molecular flexibility index (Phi) is 4.39. The molecule has 1 fully saturated rings. The van der Waals surface area contributed by atoms with Gasteiger partial charge in [0.1, 0.15) is 0 Å². The molecule has 1 unspecified atom stereocenters. The highest BCUT2D eigenvalue weighted by Crippen LogP contribution is 2.33. The van der Waals surface area contributed by atoms with E-state index in [9.17, 15) is 0 Å². The fourth-order valence-electron chi connectivity index (χ4n) is 2.35. The number of nitrogens with zero attached hydrogens (tertiary/aromatic N) is 1. The van der Waals surface area contributed by atoms with Crippen LogP contribution in [0.25, 0.3) is 0 Å². The fourth-order valence-corrected chi connectivity index (χ4v) is 2.35. The molecule has 0 aromatic heterocycles. The van der Waals surface area contributed by atoms with Gasteiger partial charge in [0.25, 0.3) is 0 Å². The van der Waals surface area contributed by atoms with Crippen molar-refractivity contribution in [2.75, 3.05) is 20.6 Å². The zero-order chi connectivity index (χ0) is 10.7. The van der Waals surface area contributed by atoms with E-state index in [1.54, 1.807) is 0 Å². The van der Waals surface area contributed by atoms with E-state index < -0.39 is 0 Å². The molecule has 0 saturated heterocycles. The Hall–Kier alpha value is -0.0800. The molecule has 14 heavy (non-hydrogen) atoms. The van der Waals surface area contributed by atoms with Crippen LogP contribution in [-0.2, 0) is 0 Å². The topological polar surface area (TPSA) is 15.3 Å². The van der Waals surface area contributed by atoms with Gasteiger partial charge in [-0.25, -0.2) is 0 Å².